The third-order valence-electron chi connectivity index (χ3n) is 3.84. The number of amides is 2. The minimum atomic E-state index is -0.766. The van der Waals surface area contributed by atoms with Gasteiger partial charge in [-0.2, -0.15) is 11.8 Å². The van der Waals surface area contributed by atoms with Crippen molar-refractivity contribution < 1.29 is 23.9 Å². The average Bonchev–Trinajstić information content (AvgIpc) is 3.09. The summed E-state index contributed by atoms with van der Waals surface area (Å²) in [4.78, 5) is 35.2. The number of hydrogen-bond donors (Lipinski definition) is 2. The fourth-order valence-electron chi connectivity index (χ4n) is 2.28. The van der Waals surface area contributed by atoms with Crippen LogP contribution in [0.15, 0.2) is 24.3 Å². The molecule has 1 atom stereocenters. The van der Waals surface area contributed by atoms with Crippen LogP contribution < -0.4 is 10.6 Å². The van der Waals surface area contributed by atoms with Crippen molar-refractivity contribution in [1.29, 1.82) is 0 Å². The van der Waals surface area contributed by atoms with Gasteiger partial charge in [0, 0.05) is 25.1 Å². The molecule has 7 nitrogen and oxygen atoms in total. The van der Waals surface area contributed by atoms with Crippen LogP contribution in [-0.4, -0.2) is 55.7 Å². The van der Waals surface area contributed by atoms with Crippen LogP contribution in [0.3, 0.4) is 0 Å². The molecule has 1 saturated heterocycles. The number of carbonyl (C=O) groups is 3. The summed E-state index contributed by atoms with van der Waals surface area (Å²) in [7, 11) is 2.90. The molecule has 2 rings (SSSR count). The second-order valence-corrected chi connectivity index (χ2v) is 6.50. The van der Waals surface area contributed by atoms with E-state index >= 15 is 0 Å². The SMILES string of the molecule is COC(=O)c1ccc(NC(=O)C(=O)NCC2(OC)CCSC2)cc1. The third kappa shape index (κ3) is 4.48. The molecule has 130 valence electrons. The lowest BCUT2D eigenvalue weighted by Crippen LogP contribution is -2.47. The standard InChI is InChI=1S/C16H20N2O5S/c1-22-15(21)11-3-5-12(6-4-11)18-14(20)13(19)17-9-16(23-2)7-8-24-10-16/h3-6H,7-10H2,1-2H3,(H,17,19)(H,18,20). The molecule has 1 aromatic rings. The molecule has 24 heavy (non-hydrogen) atoms. The molecule has 8 heteroatoms. The zero-order chi connectivity index (χ0) is 17.6. The highest BCUT2D eigenvalue weighted by Gasteiger charge is 2.35. The van der Waals surface area contributed by atoms with Crippen LogP contribution in [0.2, 0.25) is 0 Å². The van der Waals surface area contributed by atoms with Gasteiger partial charge in [-0.05, 0) is 36.4 Å². The van der Waals surface area contributed by atoms with E-state index in [4.69, 9.17) is 4.74 Å². The molecule has 1 unspecified atom stereocenters. The van der Waals surface area contributed by atoms with Gasteiger partial charge in [0.15, 0.2) is 0 Å². The Labute approximate surface area is 144 Å². The normalized spacial score (nSPS) is 19.6. The molecule has 0 aliphatic carbocycles. The lowest BCUT2D eigenvalue weighted by molar-refractivity contribution is -0.136. The minimum absolute atomic E-state index is 0.296. The molecular weight excluding hydrogens is 332 g/mol. The summed E-state index contributed by atoms with van der Waals surface area (Å²) in [5.41, 5.74) is 0.379. The van der Waals surface area contributed by atoms with E-state index in [9.17, 15) is 14.4 Å². The van der Waals surface area contributed by atoms with Crippen LogP contribution in [-0.2, 0) is 19.1 Å². The van der Waals surface area contributed by atoms with Gasteiger partial charge in [-0.3, -0.25) is 9.59 Å². The zero-order valence-corrected chi connectivity index (χ0v) is 14.4. The fourth-order valence-corrected chi connectivity index (χ4v) is 3.68. The van der Waals surface area contributed by atoms with Crippen LogP contribution in [0, 0.1) is 0 Å². The van der Waals surface area contributed by atoms with Gasteiger partial charge < -0.3 is 20.1 Å². The summed E-state index contributed by atoms with van der Waals surface area (Å²) in [6.07, 6.45) is 0.838. The lowest BCUT2D eigenvalue weighted by atomic mass is 10.0. The number of ether oxygens (including phenoxy) is 2. The first-order chi connectivity index (χ1) is 11.5. The third-order valence-corrected chi connectivity index (χ3v) is 5.06. The van der Waals surface area contributed by atoms with E-state index in [2.05, 4.69) is 15.4 Å². The minimum Gasteiger partial charge on any atom is -0.465 e. The van der Waals surface area contributed by atoms with Crippen molar-refractivity contribution in [3.05, 3.63) is 29.8 Å². The maximum Gasteiger partial charge on any atom is 0.337 e. The second-order valence-electron chi connectivity index (χ2n) is 5.40. The summed E-state index contributed by atoms with van der Waals surface area (Å²) in [5.74, 6) is -0.189. The van der Waals surface area contributed by atoms with Gasteiger partial charge in [0.1, 0.15) is 0 Å². The molecular formula is C16H20N2O5S. The maximum atomic E-state index is 11.9. The quantitative estimate of drug-likeness (QED) is 0.608. The molecule has 1 heterocycles. The highest BCUT2D eigenvalue weighted by atomic mass is 32.2. The van der Waals surface area contributed by atoms with Crippen molar-refractivity contribution in [1.82, 2.24) is 5.32 Å². The maximum absolute atomic E-state index is 11.9. The molecule has 2 amide bonds. The Balaban J connectivity index is 1.87. The predicted octanol–water partition coefficient (Wildman–Crippen LogP) is 1.05. The number of esters is 1. The number of benzene rings is 1. The van der Waals surface area contributed by atoms with Gasteiger partial charge in [-0.1, -0.05) is 0 Å². The Hall–Kier alpha value is -2.06. The van der Waals surface area contributed by atoms with Gasteiger partial charge in [0.05, 0.1) is 18.3 Å². The molecule has 2 N–H and O–H groups in total. The first-order valence-electron chi connectivity index (χ1n) is 7.40. The molecule has 1 aromatic carbocycles. The van der Waals surface area contributed by atoms with E-state index < -0.39 is 23.4 Å². The van der Waals surface area contributed by atoms with Crippen LogP contribution in [0.25, 0.3) is 0 Å². The number of thioether (sulfide) groups is 1. The van der Waals surface area contributed by atoms with Gasteiger partial charge in [0.25, 0.3) is 0 Å². The summed E-state index contributed by atoms with van der Waals surface area (Å²) < 4.78 is 10.1. The number of carbonyl (C=O) groups excluding carboxylic acids is 3. The summed E-state index contributed by atoms with van der Waals surface area (Å²) >= 11 is 1.76. The van der Waals surface area contributed by atoms with Crippen LogP contribution in [0.4, 0.5) is 5.69 Å². The van der Waals surface area contributed by atoms with Gasteiger partial charge in [-0.25, -0.2) is 4.79 Å². The van der Waals surface area contributed by atoms with Crippen LogP contribution in [0.1, 0.15) is 16.8 Å². The number of hydrogen-bond acceptors (Lipinski definition) is 6. The highest BCUT2D eigenvalue weighted by molar-refractivity contribution is 7.99. The Bertz CT molecular complexity index is 611. The Morgan fingerprint density at radius 1 is 1.17 bits per heavy atom. The van der Waals surface area contributed by atoms with Crippen molar-refractivity contribution in [2.45, 2.75) is 12.0 Å². The van der Waals surface area contributed by atoms with Crippen molar-refractivity contribution in [3.8, 4) is 0 Å². The van der Waals surface area contributed by atoms with Crippen LogP contribution in [0.5, 0.6) is 0 Å². The van der Waals surface area contributed by atoms with Crippen molar-refractivity contribution in [2.24, 2.45) is 0 Å². The van der Waals surface area contributed by atoms with Gasteiger partial charge in [0.2, 0.25) is 0 Å². The molecule has 1 aliphatic rings. The summed E-state index contributed by atoms with van der Waals surface area (Å²) in [5, 5.41) is 5.09. The van der Waals surface area contributed by atoms with E-state index in [0.717, 1.165) is 17.9 Å². The number of methoxy groups -OCH3 is 2. The molecule has 0 spiro atoms. The monoisotopic (exact) mass is 352 g/mol. The molecule has 1 fully saturated rings. The molecule has 0 saturated carbocycles. The highest BCUT2D eigenvalue weighted by Crippen LogP contribution is 2.30. The number of rotatable bonds is 5. The van der Waals surface area contributed by atoms with Crippen molar-refractivity contribution in [2.75, 3.05) is 37.6 Å². The second kappa shape index (κ2) is 8.16. The van der Waals surface area contributed by atoms with E-state index in [-0.39, 0.29) is 0 Å². The number of anilines is 1. The molecule has 0 bridgehead atoms. The lowest BCUT2D eigenvalue weighted by Gasteiger charge is -2.26. The predicted molar refractivity (Wildman–Crippen MR) is 91.1 cm³/mol. The van der Waals surface area contributed by atoms with E-state index in [0.29, 0.717) is 17.8 Å². The largest absolute Gasteiger partial charge is 0.465 e. The summed E-state index contributed by atoms with van der Waals surface area (Å²) in [6, 6.07) is 6.08. The Kier molecular flexibility index (Phi) is 6.22. The van der Waals surface area contributed by atoms with Crippen molar-refractivity contribution >= 4 is 35.2 Å². The smallest absolute Gasteiger partial charge is 0.337 e. The van der Waals surface area contributed by atoms with Gasteiger partial charge >= 0.3 is 17.8 Å². The van der Waals surface area contributed by atoms with E-state index in [1.807, 2.05) is 0 Å². The average molecular weight is 352 g/mol. The fraction of sp³-hybridized carbons (Fsp3) is 0.438. The van der Waals surface area contributed by atoms with E-state index in [1.165, 1.54) is 31.4 Å². The topological polar surface area (TPSA) is 93.7 Å². The van der Waals surface area contributed by atoms with Crippen LogP contribution >= 0.6 is 11.8 Å². The van der Waals surface area contributed by atoms with Gasteiger partial charge in [-0.15, -0.1) is 0 Å². The zero-order valence-electron chi connectivity index (χ0n) is 13.6. The molecule has 0 aromatic heterocycles. The van der Waals surface area contributed by atoms with Crippen molar-refractivity contribution in [3.63, 3.8) is 0 Å². The molecule has 1 aliphatic heterocycles. The molecule has 0 radical (unpaired) electrons. The Morgan fingerprint density at radius 2 is 1.88 bits per heavy atom. The van der Waals surface area contributed by atoms with E-state index in [1.54, 1.807) is 18.9 Å². The summed E-state index contributed by atoms with van der Waals surface area (Å²) in [6.45, 7) is 0.296. The number of nitrogens with one attached hydrogen (secondary N) is 2. The first kappa shape index (κ1) is 18.3. The Morgan fingerprint density at radius 3 is 2.42 bits per heavy atom. The first-order valence-corrected chi connectivity index (χ1v) is 8.55.